The summed E-state index contributed by atoms with van der Waals surface area (Å²) in [6.45, 7) is 13.0. The van der Waals surface area contributed by atoms with Crippen molar-refractivity contribution in [2.24, 2.45) is 9.98 Å². The number of unbranched alkanes of at least 4 members (excludes halogenated alkanes) is 36. The number of anilines is 1. The maximum Gasteiger partial charge on any atom is 0.236 e. The summed E-state index contributed by atoms with van der Waals surface area (Å²) in [7, 11) is 0. The molecule has 0 atom stereocenters. The van der Waals surface area contributed by atoms with E-state index in [0.717, 1.165) is 63.3 Å². The zero-order valence-corrected chi connectivity index (χ0v) is 44.9. The van der Waals surface area contributed by atoms with Crippen molar-refractivity contribution in [3.05, 3.63) is 35.4 Å². The molecule has 0 saturated heterocycles. The minimum Gasteiger partial charge on any atom is -0.871 e. The van der Waals surface area contributed by atoms with Gasteiger partial charge in [-0.15, -0.1) is 0 Å². The Bertz CT molecular complexity index is 1520. The maximum absolute atomic E-state index is 13.6. The van der Waals surface area contributed by atoms with Crippen LogP contribution in [0.15, 0.2) is 39.5 Å². The molecule has 8 heteroatoms. The fourth-order valence-corrected chi connectivity index (χ4v) is 9.93. The van der Waals surface area contributed by atoms with E-state index in [1.807, 2.05) is 24.8 Å². The van der Waals surface area contributed by atoms with Crippen LogP contribution in [-0.4, -0.2) is 64.6 Å². The van der Waals surface area contributed by atoms with Gasteiger partial charge in [-0.1, -0.05) is 252 Å². The van der Waals surface area contributed by atoms with Crippen LogP contribution < -0.4 is 10.0 Å². The highest BCUT2D eigenvalue weighted by Gasteiger charge is 2.34. The Morgan fingerprint density at radius 3 is 1.06 bits per heavy atom. The van der Waals surface area contributed by atoms with Gasteiger partial charge in [0.05, 0.1) is 29.2 Å². The first-order valence-electron chi connectivity index (χ1n) is 29.5. The highest BCUT2D eigenvalue weighted by Crippen LogP contribution is 2.36. The number of aromatic nitrogens is 2. The van der Waals surface area contributed by atoms with E-state index in [1.165, 1.54) is 231 Å². The predicted molar refractivity (Wildman–Crippen MR) is 293 cm³/mol. The molecule has 0 amide bonds. The van der Waals surface area contributed by atoms with Crippen LogP contribution in [0.4, 0.5) is 5.69 Å². The van der Waals surface area contributed by atoms with E-state index >= 15 is 0 Å². The Hall–Kier alpha value is -3.16. The molecule has 0 radical (unpaired) electrons. The van der Waals surface area contributed by atoms with Crippen molar-refractivity contribution in [3.8, 4) is 0 Å². The summed E-state index contributed by atoms with van der Waals surface area (Å²) in [5.74, 6) is -0.284. The Labute approximate surface area is 419 Å². The Balaban J connectivity index is 1.60. The third kappa shape index (κ3) is 25.6. The van der Waals surface area contributed by atoms with Crippen LogP contribution in [0.2, 0.25) is 0 Å². The summed E-state index contributed by atoms with van der Waals surface area (Å²) >= 11 is 0. The summed E-state index contributed by atoms with van der Waals surface area (Å²) in [5, 5.41) is 13.6. The van der Waals surface area contributed by atoms with E-state index in [4.69, 9.17) is 0 Å². The summed E-state index contributed by atoms with van der Waals surface area (Å²) in [4.78, 5) is 34.5. The lowest BCUT2D eigenvalue weighted by molar-refractivity contribution is -0.525. The number of nitrogens with zero attached hydrogens (tertiary/aromatic N) is 6. The third-order valence-electron chi connectivity index (χ3n) is 14.5. The molecule has 0 bridgehead atoms. The normalized spacial score (nSPS) is 13.6. The topological polar surface area (TPSA) is 96.9 Å². The molecule has 68 heavy (non-hydrogen) atoms. The second-order valence-corrected chi connectivity index (χ2v) is 20.6. The Kier molecular flexibility index (Phi) is 35.3. The van der Waals surface area contributed by atoms with E-state index in [1.54, 1.807) is 0 Å². The number of hydrogen-bond acceptors (Lipinski definition) is 7. The van der Waals surface area contributed by atoms with Crippen molar-refractivity contribution in [1.82, 2.24) is 9.97 Å². The molecular formula is C60H104N6O2. The minimum atomic E-state index is -0.351. The average molecular weight is 942 g/mol. The van der Waals surface area contributed by atoms with Gasteiger partial charge in [0, 0.05) is 25.9 Å². The fraction of sp³-hybridized carbons (Fsp3) is 0.800. The van der Waals surface area contributed by atoms with Gasteiger partial charge in [0.1, 0.15) is 25.5 Å². The molecule has 1 aliphatic heterocycles. The van der Waals surface area contributed by atoms with E-state index in [0.29, 0.717) is 0 Å². The van der Waals surface area contributed by atoms with Crippen LogP contribution in [0.1, 0.15) is 290 Å². The molecule has 386 valence electrons. The molecule has 0 spiro atoms. The van der Waals surface area contributed by atoms with Gasteiger partial charge in [-0.25, -0.2) is 24.5 Å². The van der Waals surface area contributed by atoms with Gasteiger partial charge in [-0.2, -0.15) is 0 Å². The van der Waals surface area contributed by atoms with Gasteiger partial charge in [-0.3, -0.25) is 4.79 Å². The lowest BCUT2D eigenvalue weighted by Crippen LogP contribution is -2.32. The molecule has 0 fully saturated rings. The Morgan fingerprint density at radius 2 is 0.735 bits per heavy atom. The molecule has 3 rings (SSSR count). The molecule has 0 saturated carbocycles. The number of allylic oxidation sites excluding steroid dienone is 2. The van der Waals surface area contributed by atoms with Crippen LogP contribution in [0.25, 0.3) is 5.57 Å². The van der Waals surface area contributed by atoms with Crippen molar-refractivity contribution in [3.63, 3.8) is 0 Å². The second-order valence-electron chi connectivity index (χ2n) is 20.6. The van der Waals surface area contributed by atoms with Crippen LogP contribution in [0, 0.1) is 0 Å². The highest BCUT2D eigenvalue weighted by atomic mass is 16.3. The van der Waals surface area contributed by atoms with E-state index in [-0.39, 0.29) is 34.3 Å². The van der Waals surface area contributed by atoms with Crippen molar-refractivity contribution in [2.45, 2.75) is 285 Å². The molecule has 2 aliphatic rings. The molecule has 0 aromatic carbocycles. The molecular weight excluding hydrogens is 837 g/mol. The summed E-state index contributed by atoms with van der Waals surface area (Å²) in [5.41, 5.74) is 2.06. The number of hydrogen-bond donors (Lipinski definition) is 0. The molecule has 1 aromatic rings. The summed E-state index contributed by atoms with van der Waals surface area (Å²) < 4.78 is 2.43. The molecule has 0 N–H and O–H groups in total. The van der Waals surface area contributed by atoms with Gasteiger partial charge in [0.2, 0.25) is 5.71 Å². The van der Waals surface area contributed by atoms with Gasteiger partial charge in [0.15, 0.2) is 17.4 Å². The zero-order chi connectivity index (χ0) is 48.5. The van der Waals surface area contributed by atoms with Crippen LogP contribution in [0.3, 0.4) is 0 Å². The first kappa shape index (κ1) is 59.2. The van der Waals surface area contributed by atoms with Gasteiger partial charge < -0.3 is 10.0 Å². The average Bonchev–Trinajstić information content (AvgIpc) is 3.35. The van der Waals surface area contributed by atoms with Crippen LogP contribution in [0.5, 0.6) is 0 Å². The smallest absolute Gasteiger partial charge is 0.236 e. The number of Topliss-reactive ketones (excluding diaryl/α,β-unsaturated/α-hetero) is 1. The SMILES string of the molecule is CCCCCCCCCCCCN(CCCCCCCCCCCC)c1cnc(C2=C([O-])C(=C3N=CC(=[N+](CCCCCCCCCCCC)CCCCCCCCCCCC)C=N3)C2=O)nc1. The number of carbonyl (C=O) groups excluding carboxylic acids is 1. The van der Waals surface area contributed by atoms with Gasteiger partial charge in [0.25, 0.3) is 0 Å². The lowest BCUT2D eigenvalue weighted by Gasteiger charge is -2.30. The van der Waals surface area contributed by atoms with E-state index < -0.39 is 0 Å². The number of rotatable bonds is 46. The first-order valence-corrected chi connectivity index (χ1v) is 29.5. The second kappa shape index (κ2) is 40.6. The molecule has 1 aromatic heterocycles. The van der Waals surface area contributed by atoms with E-state index in [2.05, 4.69) is 57.1 Å². The fourth-order valence-electron chi connectivity index (χ4n) is 9.93. The maximum atomic E-state index is 13.6. The molecule has 0 unspecified atom stereocenters. The quantitative estimate of drug-likeness (QED) is 0.0368. The van der Waals surface area contributed by atoms with Gasteiger partial charge in [-0.05, 0) is 25.7 Å². The lowest BCUT2D eigenvalue weighted by atomic mass is 9.87. The predicted octanol–water partition coefficient (Wildman–Crippen LogP) is 16.4. The zero-order valence-electron chi connectivity index (χ0n) is 44.9. The van der Waals surface area contributed by atoms with Crippen molar-refractivity contribution >= 4 is 35.2 Å². The highest BCUT2D eigenvalue weighted by molar-refractivity contribution is 6.54. The number of aliphatic imine (C=N–C) groups is 2. The van der Waals surface area contributed by atoms with Crippen LogP contribution >= 0.6 is 0 Å². The van der Waals surface area contributed by atoms with Crippen molar-refractivity contribution in [2.75, 3.05) is 31.1 Å². The molecule has 1 aliphatic carbocycles. The largest absolute Gasteiger partial charge is 0.871 e. The van der Waals surface area contributed by atoms with Crippen molar-refractivity contribution < 1.29 is 14.5 Å². The Morgan fingerprint density at radius 1 is 0.426 bits per heavy atom. The van der Waals surface area contributed by atoms with Crippen LogP contribution in [-0.2, 0) is 4.79 Å². The monoisotopic (exact) mass is 941 g/mol. The number of carbonyl (C=O) groups is 1. The summed E-state index contributed by atoms with van der Waals surface area (Å²) in [6, 6.07) is 0. The van der Waals surface area contributed by atoms with Gasteiger partial charge >= 0.3 is 0 Å². The summed E-state index contributed by atoms with van der Waals surface area (Å²) in [6.07, 6.45) is 60.0. The third-order valence-corrected chi connectivity index (χ3v) is 14.5. The minimum absolute atomic E-state index is 0.0544. The van der Waals surface area contributed by atoms with E-state index in [9.17, 15) is 9.90 Å². The molecule has 8 nitrogen and oxygen atoms in total. The number of ketones is 1. The van der Waals surface area contributed by atoms with Crippen molar-refractivity contribution in [1.29, 1.82) is 0 Å². The first-order chi connectivity index (χ1) is 33.5. The molecule has 2 heterocycles. The standard InChI is InChI=1S/C60H104N6O2/c1-5-9-13-17-21-25-29-33-37-41-45-65(46-42-38-34-30-26-22-18-14-10-6-2)53-49-61-59(62-50-53)55-57(67)56(58(55)68)60-63-51-54(52-64-60)66(47-43-39-35-31-27-23-19-15-11-7-3)48-44-40-36-32-28-24-20-16-12-8-4/h49-52H,5-48H2,1-4H3.